The number of ether oxygens (including phenoxy) is 1. The van der Waals surface area contributed by atoms with Gasteiger partial charge in [-0.2, -0.15) is 0 Å². The third-order valence-corrected chi connectivity index (χ3v) is 4.73. The molecule has 0 saturated carbocycles. The first-order valence-corrected chi connectivity index (χ1v) is 8.94. The summed E-state index contributed by atoms with van der Waals surface area (Å²) in [5.74, 6) is -0.846. The van der Waals surface area contributed by atoms with E-state index in [1.165, 1.54) is 6.07 Å². The number of aliphatic hydroxyl groups excluding tert-OH is 2. The van der Waals surface area contributed by atoms with Crippen LogP contribution in [-0.4, -0.2) is 28.4 Å². The molecule has 2 aromatic rings. The van der Waals surface area contributed by atoms with Gasteiger partial charge in [0.05, 0.1) is 19.1 Å². The van der Waals surface area contributed by atoms with Crippen molar-refractivity contribution in [2.75, 3.05) is 0 Å². The monoisotopic (exact) mass is 370 g/mol. The zero-order chi connectivity index (χ0) is 19.6. The number of aliphatic hydroxyl groups is 2. The quantitative estimate of drug-likeness (QED) is 0.806. The molecule has 0 radical (unpaired) electrons. The predicted octanol–water partition coefficient (Wildman–Crippen LogP) is 3.68. The molecule has 0 aliphatic carbocycles. The Labute approximate surface area is 157 Å². The Morgan fingerprint density at radius 3 is 2.74 bits per heavy atom. The first-order chi connectivity index (χ1) is 12.9. The van der Waals surface area contributed by atoms with Crippen molar-refractivity contribution in [2.24, 2.45) is 0 Å². The van der Waals surface area contributed by atoms with Crippen LogP contribution in [0, 0.1) is 19.7 Å². The molecule has 2 atom stereocenters. The Bertz CT molecular complexity index is 888. The lowest BCUT2D eigenvalue weighted by atomic mass is 9.92. The van der Waals surface area contributed by atoms with E-state index in [1.54, 1.807) is 18.2 Å². The summed E-state index contributed by atoms with van der Waals surface area (Å²) in [6.07, 6.45) is 2.88. The maximum atomic E-state index is 13.8. The molecule has 0 spiro atoms. The van der Waals surface area contributed by atoms with Crippen molar-refractivity contribution in [1.82, 2.24) is 0 Å². The molecule has 27 heavy (non-hydrogen) atoms. The fourth-order valence-corrected chi connectivity index (χ4v) is 3.43. The first kappa shape index (κ1) is 19.3. The number of benzene rings is 2. The zero-order valence-electron chi connectivity index (χ0n) is 15.4. The molecule has 1 fully saturated rings. The van der Waals surface area contributed by atoms with Gasteiger partial charge in [0.1, 0.15) is 11.9 Å². The highest BCUT2D eigenvalue weighted by Gasteiger charge is 2.25. The minimum atomic E-state index is -0.691. The van der Waals surface area contributed by atoms with Crippen LogP contribution in [0.2, 0.25) is 0 Å². The fourth-order valence-electron chi connectivity index (χ4n) is 3.43. The van der Waals surface area contributed by atoms with Crippen molar-refractivity contribution in [3.63, 3.8) is 0 Å². The molecule has 2 aromatic carbocycles. The SMILES string of the molecule is Cc1cc(C)c(C=CC2CC(O)CC(=O)O2)c(-c2ccc(F)c(CO)c2)c1. The molecule has 2 N–H and O–H groups in total. The summed E-state index contributed by atoms with van der Waals surface area (Å²) in [6.45, 7) is 3.60. The number of cyclic esters (lactones) is 1. The minimum Gasteiger partial charge on any atom is -0.458 e. The molecule has 142 valence electrons. The smallest absolute Gasteiger partial charge is 0.309 e. The van der Waals surface area contributed by atoms with Gasteiger partial charge in [0.15, 0.2) is 0 Å². The average Bonchev–Trinajstić information content (AvgIpc) is 2.60. The summed E-state index contributed by atoms with van der Waals surface area (Å²) in [7, 11) is 0. The molecule has 1 saturated heterocycles. The maximum absolute atomic E-state index is 13.8. The van der Waals surface area contributed by atoms with Crippen LogP contribution in [0.3, 0.4) is 0 Å². The van der Waals surface area contributed by atoms with Crippen molar-refractivity contribution in [3.05, 3.63) is 64.5 Å². The van der Waals surface area contributed by atoms with Crippen LogP contribution in [0.5, 0.6) is 0 Å². The second-order valence-corrected chi connectivity index (χ2v) is 6.99. The summed E-state index contributed by atoms with van der Waals surface area (Å²) in [5.41, 5.74) is 4.96. The van der Waals surface area contributed by atoms with Gasteiger partial charge in [-0.05, 0) is 54.3 Å². The van der Waals surface area contributed by atoms with E-state index < -0.39 is 24.0 Å². The highest BCUT2D eigenvalue weighted by molar-refractivity contribution is 5.78. The van der Waals surface area contributed by atoms with Crippen LogP contribution in [0.25, 0.3) is 17.2 Å². The number of aryl methyl sites for hydroxylation is 2. The van der Waals surface area contributed by atoms with Crippen molar-refractivity contribution in [2.45, 2.75) is 45.5 Å². The van der Waals surface area contributed by atoms with Gasteiger partial charge in [0, 0.05) is 12.0 Å². The molecule has 0 aromatic heterocycles. The molecular weight excluding hydrogens is 347 g/mol. The normalized spacial score (nSPS) is 20.1. The van der Waals surface area contributed by atoms with Crippen LogP contribution in [0.4, 0.5) is 4.39 Å². The van der Waals surface area contributed by atoms with Gasteiger partial charge in [0.25, 0.3) is 0 Å². The third-order valence-electron chi connectivity index (χ3n) is 4.73. The van der Waals surface area contributed by atoms with Crippen LogP contribution in [0.15, 0.2) is 36.4 Å². The summed E-state index contributed by atoms with van der Waals surface area (Å²) >= 11 is 0. The van der Waals surface area contributed by atoms with Gasteiger partial charge in [-0.1, -0.05) is 29.8 Å². The molecule has 1 aliphatic rings. The molecule has 1 heterocycles. The number of carbonyl (C=O) groups is 1. The maximum Gasteiger partial charge on any atom is 0.309 e. The van der Waals surface area contributed by atoms with Crippen molar-refractivity contribution in [1.29, 1.82) is 0 Å². The lowest BCUT2D eigenvalue weighted by Gasteiger charge is -2.23. The zero-order valence-corrected chi connectivity index (χ0v) is 15.4. The highest BCUT2D eigenvalue weighted by Crippen LogP contribution is 2.31. The lowest BCUT2D eigenvalue weighted by Crippen LogP contribution is -2.31. The summed E-state index contributed by atoms with van der Waals surface area (Å²) in [5, 5.41) is 19.1. The van der Waals surface area contributed by atoms with Crippen molar-refractivity contribution >= 4 is 12.0 Å². The van der Waals surface area contributed by atoms with Crippen LogP contribution in [0.1, 0.15) is 35.1 Å². The van der Waals surface area contributed by atoms with Crippen molar-refractivity contribution < 1.29 is 24.1 Å². The molecule has 0 amide bonds. The van der Waals surface area contributed by atoms with E-state index in [0.29, 0.717) is 6.42 Å². The topological polar surface area (TPSA) is 66.8 Å². The number of halogens is 1. The van der Waals surface area contributed by atoms with Crippen LogP contribution < -0.4 is 0 Å². The van der Waals surface area contributed by atoms with Crippen LogP contribution >= 0.6 is 0 Å². The molecular formula is C22H23FO4. The van der Waals surface area contributed by atoms with Gasteiger partial charge in [-0.25, -0.2) is 4.39 Å². The lowest BCUT2D eigenvalue weighted by molar-refractivity contribution is -0.156. The van der Waals surface area contributed by atoms with E-state index in [0.717, 1.165) is 27.8 Å². The Kier molecular flexibility index (Phi) is 5.73. The van der Waals surface area contributed by atoms with E-state index in [4.69, 9.17) is 4.74 Å². The number of hydrogen-bond acceptors (Lipinski definition) is 4. The fraction of sp³-hybridized carbons (Fsp3) is 0.318. The number of hydrogen-bond donors (Lipinski definition) is 2. The molecule has 2 unspecified atom stereocenters. The summed E-state index contributed by atoms with van der Waals surface area (Å²) in [4.78, 5) is 11.5. The molecule has 0 bridgehead atoms. The Morgan fingerprint density at radius 1 is 1.26 bits per heavy atom. The molecule has 5 heteroatoms. The largest absolute Gasteiger partial charge is 0.458 e. The first-order valence-electron chi connectivity index (χ1n) is 8.94. The number of carbonyl (C=O) groups excluding carboxylic acids is 1. The highest BCUT2D eigenvalue weighted by atomic mass is 19.1. The second kappa shape index (κ2) is 8.03. The van der Waals surface area contributed by atoms with Gasteiger partial charge in [-0.3, -0.25) is 4.79 Å². The van der Waals surface area contributed by atoms with Gasteiger partial charge < -0.3 is 14.9 Å². The minimum absolute atomic E-state index is 0.0265. The molecule has 1 aliphatic heterocycles. The third kappa shape index (κ3) is 4.43. The van der Waals surface area contributed by atoms with Crippen molar-refractivity contribution in [3.8, 4) is 11.1 Å². The van der Waals surface area contributed by atoms with Gasteiger partial charge in [-0.15, -0.1) is 0 Å². The van der Waals surface area contributed by atoms with E-state index >= 15 is 0 Å². The summed E-state index contributed by atoms with van der Waals surface area (Å²) < 4.78 is 19.0. The second-order valence-electron chi connectivity index (χ2n) is 6.99. The average molecular weight is 370 g/mol. The van der Waals surface area contributed by atoms with E-state index in [-0.39, 0.29) is 18.6 Å². The Balaban J connectivity index is 2.00. The Morgan fingerprint density at radius 2 is 2.04 bits per heavy atom. The van der Waals surface area contributed by atoms with Gasteiger partial charge in [0.2, 0.25) is 0 Å². The standard InChI is InChI=1S/C22H23FO4/c1-13-7-14(2)19(5-4-18-10-17(25)11-22(26)27-18)20(8-13)15-3-6-21(23)16(9-15)12-24/h3-9,17-18,24-25H,10-12H2,1-2H3. The predicted molar refractivity (Wildman–Crippen MR) is 101 cm³/mol. The Hall–Kier alpha value is -2.50. The van der Waals surface area contributed by atoms with E-state index in [2.05, 4.69) is 0 Å². The van der Waals surface area contributed by atoms with E-state index in [1.807, 2.05) is 32.1 Å². The number of rotatable bonds is 4. The van der Waals surface area contributed by atoms with Gasteiger partial charge >= 0.3 is 5.97 Å². The molecule has 4 nitrogen and oxygen atoms in total. The summed E-state index contributed by atoms with van der Waals surface area (Å²) in [6, 6.07) is 8.73. The van der Waals surface area contributed by atoms with E-state index in [9.17, 15) is 19.4 Å². The molecule has 3 rings (SSSR count). The van der Waals surface area contributed by atoms with Crippen LogP contribution in [-0.2, 0) is 16.1 Å². The number of esters is 1.